The highest BCUT2D eigenvalue weighted by Gasteiger charge is 2.19. The molecule has 2 aromatic rings. The van der Waals surface area contributed by atoms with E-state index in [9.17, 15) is 4.79 Å². The van der Waals surface area contributed by atoms with E-state index in [4.69, 9.17) is 16.2 Å². The highest BCUT2D eigenvalue weighted by Crippen LogP contribution is 2.32. The molecule has 4 N–H and O–H groups in total. The van der Waals surface area contributed by atoms with Crippen molar-refractivity contribution in [1.29, 1.82) is 0 Å². The molecule has 1 aromatic carbocycles. The zero-order valence-corrected chi connectivity index (χ0v) is 10.9. The number of aromatic nitrogens is 1. The Morgan fingerprint density at radius 2 is 2.15 bits per heavy atom. The Morgan fingerprint density at radius 3 is 2.85 bits per heavy atom. The first-order chi connectivity index (χ1) is 9.63. The van der Waals surface area contributed by atoms with Gasteiger partial charge in [0.15, 0.2) is 0 Å². The van der Waals surface area contributed by atoms with Gasteiger partial charge in [0.25, 0.3) is 0 Å². The van der Waals surface area contributed by atoms with Crippen molar-refractivity contribution >= 4 is 5.91 Å². The number of hydrogen-bond acceptors (Lipinski definition) is 4. The third kappa shape index (κ3) is 2.35. The van der Waals surface area contributed by atoms with E-state index in [1.54, 1.807) is 12.1 Å². The van der Waals surface area contributed by atoms with Crippen LogP contribution < -0.4 is 16.2 Å². The Kier molecular flexibility index (Phi) is 3.12. The van der Waals surface area contributed by atoms with Crippen LogP contribution in [0.5, 0.6) is 11.6 Å². The SMILES string of the molecule is NC(=O)c1ccc(Oc2ccc3c(c2)CCC3N)nc1. The lowest BCUT2D eigenvalue weighted by atomic mass is 10.1. The van der Waals surface area contributed by atoms with Crippen LogP contribution in [0.3, 0.4) is 0 Å². The molecular formula is C15H15N3O2. The number of rotatable bonds is 3. The van der Waals surface area contributed by atoms with Gasteiger partial charge in [-0.05, 0) is 42.2 Å². The van der Waals surface area contributed by atoms with Crippen LogP contribution >= 0.6 is 0 Å². The minimum Gasteiger partial charge on any atom is -0.439 e. The third-order valence-corrected chi connectivity index (χ3v) is 3.48. The minimum atomic E-state index is -0.504. The van der Waals surface area contributed by atoms with Crippen molar-refractivity contribution < 1.29 is 9.53 Å². The molecule has 1 aliphatic carbocycles. The Bertz CT molecular complexity index is 653. The molecule has 1 amide bonds. The van der Waals surface area contributed by atoms with Gasteiger partial charge in [0, 0.05) is 18.3 Å². The van der Waals surface area contributed by atoms with E-state index < -0.39 is 5.91 Å². The molecule has 1 aromatic heterocycles. The predicted octanol–water partition coefficient (Wildman–Crippen LogP) is 1.92. The van der Waals surface area contributed by atoms with Gasteiger partial charge in [-0.15, -0.1) is 0 Å². The maximum absolute atomic E-state index is 11.0. The first-order valence-corrected chi connectivity index (χ1v) is 6.45. The molecule has 1 heterocycles. The lowest BCUT2D eigenvalue weighted by Crippen LogP contribution is -2.10. The molecule has 1 atom stereocenters. The molecule has 3 rings (SSSR count). The van der Waals surface area contributed by atoms with Crippen molar-refractivity contribution in [3.63, 3.8) is 0 Å². The number of pyridine rings is 1. The predicted molar refractivity (Wildman–Crippen MR) is 74.5 cm³/mol. The quantitative estimate of drug-likeness (QED) is 0.890. The van der Waals surface area contributed by atoms with Gasteiger partial charge in [0.05, 0.1) is 5.56 Å². The maximum Gasteiger partial charge on any atom is 0.250 e. The van der Waals surface area contributed by atoms with Crippen LogP contribution in [0.25, 0.3) is 0 Å². The van der Waals surface area contributed by atoms with Crippen molar-refractivity contribution in [2.75, 3.05) is 0 Å². The van der Waals surface area contributed by atoms with Gasteiger partial charge in [-0.3, -0.25) is 4.79 Å². The first-order valence-electron chi connectivity index (χ1n) is 6.45. The van der Waals surface area contributed by atoms with Crippen LogP contribution in [0.1, 0.15) is 33.9 Å². The van der Waals surface area contributed by atoms with Crippen LogP contribution in [-0.2, 0) is 6.42 Å². The van der Waals surface area contributed by atoms with Crippen LogP contribution in [0.15, 0.2) is 36.5 Å². The van der Waals surface area contributed by atoms with Crippen molar-refractivity contribution in [3.8, 4) is 11.6 Å². The normalized spacial score (nSPS) is 16.8. The fraction of sp³-hybridized carbons (Fsp3) is 0.200. The number of benzene rings is 1. The van der Waals surface area contributed by atoms with Crippen molar-refractivity contribution in [2.45, 2.75) is 18.9 Å². The summed E-state index contributed by atoms with van der Waals surface area (Å²) in [7, 11) is 0. The number of carbonyl (C=O) groups is 1. The maximum atomic E-state index is 11.0. The molecule has 0 spiro atoms. The van der Waals surface area contributed by atoms with Crippen molar-refractivity contribution in [1.82, 2.24) is 4.98 Å². The summed E-state index contributed by atoms with van der Waals surface area (Å²) in [6.07, 6.45) is 3.35. The first kappa shape index (κ1) is 12.6. The second-order valence-corrected chi connectivity index (χ2v) is 4.86. The van der Waals surface area contributed by atoms with Crippen LogP contribution in [0, 0.1) is 0 Å². The highest BCUT2D eigenvalue weighted by molar-refractivity contribution is 5.92. The third-order valence-electron chi connectivity index (χ3n) is 3.48. The fourth-order valence-electron chi connectivity index (χ4n) is 2.40. The summed E-state index contributed by atoms with van der Waals surface area (Å²) in [5.74, 6) is 0.644. The average molecular weight is 269 g/mol. The number of ether oxygens (including phenoxy) is 1. The van der Waals surface area contributed by atoms with E-state index in [1.165, 1.54) is 17.3 Å². The molecule has 5 heteroatoms. The highest BCUT2D eigenvalue weighted by atomic mass is 16.5. The zero-order valence-electron chi connectivity index (χ0n) is 10.9. The van der Waals surface area contributed by atoms with Gasteiger partial charge in [-0.2, -0.15) is 0 Å². The number of hydrogen-bond donors (Lipinski definition) is 2. The van der Waals surface area contributed by atoms with Gasteiger partial charge in [0.1, 0.15) is 5.75 Å². The number of nitrogens with two attached hydrogens (primary N) is 2. The van der Waals surface area contributed by atoms with E-state index in [2.05, 4.69) is 4.98 Å². The Labute approximate surface area is 116 Å². The van der Waals surface area contributed by atoms with Gasteiger partial charge in [0.2, 0.25) is 11.8 Å². The van der Waals surface area contributed by atoms with Gasteiger partial charge < -0.3 is 16.2 Å². The van der Waals surface area contributed by atoms with E-state index in [0.717, 1.165) is 18.6 Å². The Morgan fingerprint density at radius 1 is 1.30 bits per heavy atom. The van der Waals surface area contributed by atoms with E-state index >= 15 is 0 Å². The van der Waals surface area contributed by atoms with E-state index in [1.807, 2.05) is 18.2 Å². The standard InChI is InChI=1S/C15H15N3O2/c16-13-5-1-9-7-11(3-4-12(9)13)20-14-6-2-10(8-18-14)15(17)19/h2-4,6-8,13H,1,5,16H2,(H2,17,19). The summed E-state index contributed by atoms with van der Waals surface area (Å²) < 4.78 is 5.67. The molecule has 20 heavy (non-hydrogen) atoms. The minimum absolute atomic E-state index is 0.132. The van der Waals surface area contributed by atoms with Crippen LogP contribution in [-0.4, -0.2) is 10.9 Å². The fourth-order valence-corrected chi connectivity index (χ4v) is 2.40. The summed E-state index contributed by atoms with van der Waals surface area (Å²) >= 11 is 0. The smallest absolute Gasteiger partial charge is 0.250 e. The Balaban J connectivity index is 1.79. The summed E-state index contributed by atoms with van der Waals surface area (Å²) in [5, 5.41) is 0. The molecule has 0 saturated heterocycles. The molecular weight excluding hydrogens is 254 g/mol. The number of primary amides is 1. The summed E-state index contributed by atoms with van der Waals surface area (Å²) in [4.78, 5) is 15.0. The average Bonchev–Trinajstić information content (AvgIpc) is 2.81. The number of nitrogens with zero attached hydrogens (tertiary/aromatic N) is 1. The Hall–Kier alpha value is -2.40. The lowest BCUT2D eigenvalue weighted by molar-refractivity contribution is 0.1000. The number of aryl methyl sites for hydroxylation is 1. The van der Waals surface area contributed by atoms with Crippen LogP contribution in [0.4, 0.5) is 0 Å². The molecule has 5 nitrogen and oxygen atoms in total. The van der Waals surface area contributed by atoms with Gasteiger partial charge >= 0.3 is 0 Å². The van der Waals surface area contributed by atoms with E-state index in [0.29, 0.717) is 11.4 Å². The molecule has 0 aliphatic heterocycles. The topological polar surface area (TPSA) is 91.2 Å². The number of amides is 1. The second-order valence-electron chi connectivity index (χ2n) is 4.86. The molecule has 102 valence electrons. The largest absolute Gasteiger partial charge is 0.439 e. The monoisotopic (exact) mass is 269 g/mol. The van der Waals surface area contributed by atoms with Crippen molar-refractivity contribution in [2.24, 2.45) is 11.5 Å². The number of carbonyl (C=O) groups excluding carboxylic acids is 1. The molecule has 0 saturated carbocycles. The van der Waals surface area contributed by atoms with Gasteiger partial charge in [-0.25, -0.2) is 4.98 Å². The number of fused-ring (bicyclic) bond motifs is 1. The van der Waals surface area contributed by atoms with E-state index in [-0.39, 0.29) is 6.04 Å². The molecule has 0 radical (unpaired) electrons. The zero-order chi connectivity index (χ0) is 14.1. The second kappa shape index (κ2) is 4.94. The molecule has 0 bridgehead atoms. The lowest BCUT2D eigenvalue weighted by Gasteiger charge is -2.08. The molecule has 0 fully saturated rings. The van der Waals surface area contributed by atoms with Crippen LogP contribution in [0.2, 0.25) is 0 Å². The van der Waals surface area contributed by atoms with Gasteiger partial charge in [-0.1, -0.05) is 6.07 Å². The summed E-state index contributed by atoms with van der Waals surface area (Å²) in [6.45, 7) is 0. The molecule has 1 unspecified atom stereocenters. The molecule has 1 aliphatic rings. The summed E-state index contributed by atoms with van der Waals surface area (Å²) in [5.41, 5.74) is 13.9. The summed E-state index contributed by atoms with van der Waals surface area (Å²) in [6, 6.07) is 9.22. The van der Waals surface area contributed by atoms with Crippen molar-refractivity contribution in [3.05, 3.63) is 53.2 Å².